The van der Waals surface area contributed by atoms with Crippen molar-refractivity contribution in [3.63, 3.8) is 0 Å². The lowest BCUT2D eigenvalue weighted by molar-refractivity contribution is -0.385. The van der Waals surface area contributed by atoms with E-state index in [2.05, 4.69) is 0 Å². The van der Waals surface area contributed by atoms with E-state index in [1.165, 1.54) is 6.92 Å². The fraction of sp³-hybridized carbons (Fsp3) is 0.621. The number of esters is 4. The van der Waals surface area contributed by atoms with Crippen molar-refractivity contribution in [3.8, 4) is 0 Å². The van der Waals surface area contributed by atoms with Crippen molar-refractivity contribution in [1.29, 1.82) is 5.41 Å². The highest BCUT2D eigenvalue weighted by Crippen LogP contribution is 2.40. The third-order valence-corrected chi connectivity index (χ3v) is 7.59. The summed E-state index contributed by atoms with van der Waals surface area (Å²) >= 11 is 17.6. The molecule has 4 rings (SSSR count). The summed E-state index contributed by atoms with van der Waals surface area (Å²) in [4.78, 5) is 48.8. The lowest BCUT2D eigenvalue weighted by atomic mass is 9.95. The van der Waals surface area contributed by atoms with Crippen LogP contribution in [0.25, 0.3) is 0 Å². The largest absolute Gasteiger partial charge is 0.456 e. The van der Waals surface area contributed by atoms with Gasteiger partial charge in [0.25, 0.3) is 3.79 Å². The van der Waals surface area contributed by atoms with Gasteiger partial charge in [0.15, 0.2) is 37.0 Å². The van der Waals surface area contributed by atoms with E-state index in [1.807, 2.05) is 6.07 Å². The molecule has 1 aromatic rings. The van der Waals surface area contributed by atoms with Crippen molar-refractivity contribution in [1.82, 2.24) is 0 Å². The average molecular weight is 727 g/mol. The van der Waals surface area contributed by atoms with Gasteiger partial charge < -0.3 is 47.4 Å². The molecule has 47 heavy (non-hydrogen) atoms. The summed E-state index contributed by atoms with van der Waals surface area (Å²) in [6.07, 6.45) is -14.2. The first kappa shape index (κ1) is 37.1. The van der Waals surface area contributed by atoms with Gasteiger partial charge in [-0.15, -0.1) is 0 Å². The van der Waals surface area contributed by atoms with Crippen LogP contribution in [0.3, 0.4) is 0 Å². The van der Waals surface area contributed by atoms with Crippen LogP contribution in [0.15, 0.2) is 30.3 Å². The van der Waals surface area contributed by atoms with Crippen molar-refractivity contribution in [2.24, 2.45) is 0 Å². The number of nitrogens with one attached hydrogen (secondary N) is 1. The maximum absolute atomic E-state index is 12.4. The van der Waals surface area contributed by atoms with Gasteiger partial charge in [0.1, 0.15) is 18.3 Å². The van der Waals surface area contributed by atoms with Crippen LogP contribution in [0.1, 0.15) is 46.5 Å². The highest BCUT2D eigenvalue weighted by atomic mass is 35.6. The van der Waals surface area contributed by atoms with E-state index in [1.54, 1.807) is 24.3 Å². The Morgan fingerprint density at radius 2 is 1.26 bits per heavy atom. The first-order valence-corrected chi connectivity index (χ1v) is 15.5. The Labute approximate surface area is 284 Å². The highest BCUT2D eigenvalue weighted by molar-refractivity contribution is 6.76. The zero-order valence-electron chi connectivity index (χ0n) is 25.8. The van der Waals surface area contributed by atoms with Gasteiger partial charge in [-0.25, -0.2) is 0 Å². The molecule has 3 aliphatic heterocycles. The predicted molar refractivity (Wildman–Crippen MR) is 159 cm³/mol. The summed E-state index contributed by atoms with van der Waals surface area (Å²) in [5, 5.41) is 8.14. The second-order valence-corrected chi connectivity index (χ2v) is 13.1. The van der Waals surface area contributed by atoms with Crippen molar-refractivity contribution in [2.75, 3.05) is 6.61 Å². The molecule has 18 heteroatoms. The van der Waals surface area contributed by atoms with E-state index < -0.39 is 101 Å². The molecule has 0 aliphatic carbocycles. The minimum Gasteiger partial charge on any atom is -0.456 e. The highest BCUT2D eigenvalue weighted by Gasteiger charge is 2.58. The van der Waals surface area contributed by atoms with Gasteiger partial charge >= 0.3 is 23.9 Å². The monoisotopic (exact) mass is 725 g/mol. The van der Waals surface area contributed by atoms with E-state index in [0.717, 1.165) is 27.7 Å². The van der Waals surface area contributed by atoms with Gasteiger partial charge in [-0.2, -0.15) is 0 Å². The fourth-order valence-electron chi connectivity index (χ4n) is 5.31. The number of halogens is 3. The molecule has 260 valence electrons. The molecule has 0 spiro atoms. The third kappa shape index (κ3) is 9.44. The van der Waals surface area contributed by atoms with Crippen molar-refractivity contribution in [3.05, 3.63) is 35.9 Å². The molecule has 3 fully saturated rings. The van der Waals surface area contributed by atoms with Crippen molar-refractivity contribution in [2.45, 2.75) is 106 Å². The molecule has 3 aliphatic rings. The SMILES string of the molecule is CC(=O)O[C@@H]1[C@@H](OC(C)=O)[C@H](C)O[C@@H](O[C@@H]2[C@@H](OC(C)=O)[C@@H](OC(=N)C(Cl)(Cl)Cl)O[C@@H]3COC(c4ccccc4)O[C@@H]23)[C@@H]1OC(C)=O. The number of carbonyl (C=O) groups is 4. The molecule has 0 bridgehead atoms. The summed E-state index contributed by atoms with van der Waals surface area (Å²) in [6, 6.07) is 8.90. The van der Waals surface area contributed by atoms with Crippen molar-refractivity contribution >= 4 is 64.6 Å². The van der Waals surface area contributed by atoms with E-state index in [-0.39, 0.29) is 6.61 Å². The number of rotatable bonds is 8. The molecule has 0 radical (unpaired) electrons. The Morgan fingerprint density at radius 1 is 0.723 bits per heavy atom. The Hall–Kier alpha value is -2.76. The topological polar surface area (TPSA) is 184 Å². The van der Waals surface area contributed by atoms with Crippen LogP contribution in [0, 0.1) is 5.41 Å². The van der Waals surface area contributed by atoms with Gasteiger partial charge in [-0.3, -0.25) is 24.6 Å². The third-order valence-electron chi connectivity index (χ3n) is 7.07. The quantitative estimate of drug-likeness (QED) is 0.136. The Bertz CT molecular complexity index is 1310. The molecule has 1 N–H and O–H groups in total. The molecule has 3 heterocycles. The molecular weight excluding hydrogens is 693 g/mol. The lowest BCUT2D eigenvalue weighted by Crippen LogP contribution is -2.67. The van der Waals surface area contributed by atoms with Crippen LogP contribution in [0.5, 0.6) is 0 Å². The zero-order chi connectivity index (χ0) is 34.6. The molecule has 0 saturated carbocycles. The van der Waals surface area contributed by atoms with Gasteiger partial charge in [-0.1, -0.05) is 65.1 Å². The summed E-state index contributed by atoms with van der Waals surface area (Å²) < 4.78 is 55.9. The first-order chi connectivity index (χ1) is 22.0. The molecule has 3 saturated heterocycles. The van der Waals surface area contributed by atoms with Crippen LogP contribution in [0.2, 0.25) is 0 Å². The Morgan fingerprint density at radius 3 is 1.81 bits per heavy atom. The molecule has 11 atom stereocenters. The van der Waals surface area contributed by atoms with Crippen LogP contribution >= 0.6 is 34.8 Å². The van der Waals surface area contributed by atoms with E-state index in [9.17, 15) is 19.2 Å². The number of fused-ring (bicyclic) bond motifs is 1. The standard InChI is InChI=1S/C29H34Cl3NO14/c1-12-19(40-13(2)34)21(41-14(3)35)23(42-15(4)36)26(39-12)46-22-20-18(11-38-25(45-20)17-9-7-6-8-10-17)44-27(24(22)43-16(5)37)47-28(33)29(30,31)32/h6-10,12,18-27,33H,11H2,1-5H3/t12-,18+,19-,20+,21+,22-,23+,24+,25?,26-,27+/m0/s1. The second kappa shape index (κ2) is 15.6. The van der Waals surface area contributed by atoms with Gasteiger partial charge in [-0.05, 0) is 6.92 Å². The number of alkyl halides is 3. The van der Waals surface area contributed by atoms with Crippen LogP contribution < -0.4 is 0 Å². The summed E-state index contributed by atoms with van der Waals surface area (Å²) in [7, 11) is 0. The molecule has 0 amide bonds. The average Bonchev–Trinajstić information content (AvgIpc) is 2.97. The smallest absolute Gasteiger partial charge is 0.303 e. The zero-order valence-corrected chi connectivity index (χ0v) is 28.1. The minimum atomic E-state index is -2.32. The second-order valence-electron chi connectivity index (χ2n) is 10.8. The number of benzene rings is 1. The number of hydrogen-bond donors (Lipinski definition) is 1. The lowest BCUT2D eigenvalue weighted by Gasteiger charge is -2.50. The van der Waals surface area contributed by atoms with E-state index in [4.69, 9.17) is 87.6 Å². The molecule has 1 aromatic carbocycles. The summed E-state index contributed by atoms with van der Waals surface area (Å²) in [5.74, 6) is -3.98. The van der Waals surface area contributed by atoms with Crippen LogP contribution in [0.4, 0.5) is 0 Å². The van der Waals surface area contributed by atoms with Gasteiger partial charge in [0.05, 0.1) is 12.7 Å². The first-order valence-electron chi connectivity index (χ1n) is 14.3. The maximum Gasteiger partial charge on any atom is 0.303 e. The van der Waals surface area contributed by atoms with E-state index in [0.29, 0.717) is 5.56 Å². The van der Waals surface area contributed by atoms with Crippen molar-refractivity contribution < 1.29 is 66.5 Å². The van der Waals surface area contributed by atoms with Gasteiger partial charge in [0.2, 0.25) is 12.2 Å². The molecular formula is C29H34Cl3NO14. The Balaban J connectivity index is 1.76. The predicted octanol–water partition coefficient (Wildman–Crippen LogP) is 3.05. The fourth-order valence-corrected chi connectivity index (χ4v) is 5.44. The summed E-state index contributed by atoms with van der Waals surface area (Å²) in [6.45, 7) is 5.90. The van der Waals surface area contributed by atoms with Crippen LogP contribution in [-0.2, 0) is 66.5 Å². The minimum absolute atomic E-state index is 0.0995. The van der Waals surface area contributed by atoms with E-state index >= 15 is 0 Å². The van der Waals surface area contributed by atoms with Gasteiger partial charge in [0, 0.05) is 33.3 Å². The summed E-state index contributed by atoms with van der Waals surface area (Å²) in [5.41, 5.74) is 0.643. The number of hydrogen-bond acceptors (Lipinski definition) is 15. The van der Waals surface area contributed by atoms with Crippen LogP contribution in [-0.4, -0.2) is 102 Å². The molecule has 0 aromatic heterocycles. The maximum atomic E-state index is 12.4. The molecule has 15 nitrogen and oxygen atoms in total. The number of ether oxygens (including phenoxy) is 10. The molecule has 1 unspecified atom stereocenters. The normalized spacial score (nSPS) is 33.8. The number of carbonyl (C=O) groups excluding carboxylic acids is 4. The Kier molecular flexibility index (Phi) is 12.3.